The summed E-state index contributed by atoms with van der Waals surface area (Å²) in [6, 6.07) is 5.17. The summed E-state index contributed by atoms with van der Waals surface area (Å²) in [4.78, 5) is 11.9. The van der Waals surface area contributed by atoms with E-state index >= 15 is 0 Å². The fourth-order valence-corrected chi connectivity index (χ4v) is 2.42. The van der Waals surface area contributed by atoms with Crippen LogP contribution < -0.4 is 5.32 Å². The molecule has 21 heavy (non-hydrogen) atoms. The molecule has 7 heteroatoms. The van der Waals surface area contributed by atoms with Gasteiger partial charge in [0.1, 0.15) is 5.56 Å². The van der Waals surface area contributed by atoms with Gasteiger partial charge in [-0.15, -0.1) is 0 Å². The van der Waals surface area contributed by atoms with Crippen molar-refractivity contribution in [2.75, 3.05) is 11.9 Å². The fraction of sp³-hybridized carbons (Fsp3) is 0.286. The molecule has 2 aromatic rings. The lowest BCUT2D eigenvalue weighted by atomic mass is 10.2. The lowest BCUT2D eigenvalue weighted by Crippen LogP contribution is -2.12. The first kappa shape index (κ1) is 15.7. The molecular formula is C14H15Cl2N3O2. The Morgan fingerprint density at radius 2 is 2.00 bits per heavy atom. The molecule has 0 saturated heterocycles. The van der Waals surface area contributed by atoms with Gasteiger partial charge in [-0.2, -0.15) is 5.10 Å². The third kappa shape index (κ3) is 3.89. The van der Waals surface area contributed by atoms with Crippen molar-refractivity contribution in [1.29, 1.82) is 0 Å². The number of esters is 1. The molecule has 0 saturated carbocycles. The number of carbonyl (C=O) groups is 1. The molecule has 0 amide bonds. The van der Waals surface area contributed by atoms with Crippen LogP contribution in [0.5, 0.6) is 0 Å². The zero-order valence-electron chi connectivity index (χ0n) is 11.7. The largest absolute Gasteiger partial charge is 0.462 e. The first-order valence-corrected chi connectivity index (χ1v) is 7.14. The minimum atomic E-state index is -0.383. The Kier molecular flexibility index (Phi) is 5.09. The van der Waals surface area contributed by atoms with Crippen molar-refractivity contribution in [2.24, 2.45) is 7.05 Å². The van der Waals surface area contributed by atoms with E-state index in [1.807, 2.05) is 0 Å². The highest BCUT2D eigenvalue weighted by atomic mass is 35.5. The lowest BCUT2D eigenvalue weighted by molar-refractivity contribution is 0.0525. The summed E-state index contributed by atoms with van der Waals surface area (Å²) >= 11 is 11.9. The van der Waals surface area contributed by atoms with Crippen LogP contribution >= 0.6 is 23.2 Å². The Labute approximate surface area is 132 Å². The molecular weight excluding hydrogens is 313 g/mol. The second kappa shape index (κ2) is 6.83. The van der Waals surface area contributed by atoms with Crippen LogP contribution in [0.3, 0.4) is 0 Å². The van der Waals surface area contributed by atoms with E-state index < -0.39 is 0 Å². The number of hydrogen-bond acceptors (Lipinski definition) is 4. The van der Waals surface area contributed by atoms with Gasteiger partial charge in [0.25, 0.3) is 0 Å². The minimum Gasteiger partial charge on any atom is -0.462 e. The van der Waals surface area contributed by atoms with Crippen LogP contribution in [0.1, 0.15) is 23.0 Å². The summed E-state index contributed by atoms with van der Waals surface area (Å²) in [5.41, 5.74) is 1.94. The van der Waals surface area contributed by atoms with Gasteiger partial charge in [0.2, 0.25) is 0 Å². The molecule has 2 rings (SSSR count). The highest BCUT2D eigenvalue weighted by molar-refractivity contribution is 6.35. The predicted octanol–water partition coefficient (Wildman–Crippen LogP) is 3.52. The molecule has 112 valence electrons. The van der Waals surface area contributed by atoms with Gasteiger partial charge >= 0.3 is 5.97 Å². The summed E-state index contributed by atoms with van der Waals surface area (Å²) in [5.74, 6) is -0.383. The number of aromatic nitrogens is 2. The number of ether oxygens (including phenoxy) is 1. The second-order valence-corrected chi connectivity index (χ2v) is 5.23. The van der Waals surface area contributed by atoms with E-state index in [9.17, 15) is 4.79 Å². The molecule has 1 aromatic heterocycles. The molecule has 1 heterocycles. The van der Waals surface area contributed by atoms with Crippen molar-refractivity contribution >= 4 is 34.9 Å². The Bertz CT molecular complexity index is 635. The Morgan fingerprint density at radius 1 is 1.33 bits per heavy atom. The number of benzene rings is 1. The van der Waals surface area contributed by atoms with E-state index in [4.69, 9.17) is 27.9 Å². The summed E-state index contributed by atoms with van der Waals surface area (Å²) < 4.78 is 6.64. The van der Waals surface area contributed by atoms with E-state index in [0.717, 1.165) is 11.4 Å². The van der Waals surface area contributed by atoms with E-state index in [-0.39, 0.29) is 5.97 Å². The van der Waals surface area contributed by atoms with Gasteiger partial charge in [0, 0.05) is 22.8 Å². The van der Waals surface area contributed by atoms with E-state index in [1.165, 1.54) is 6.20 Å². The van der Waals surface area contributed by atoms with E-state index in [1.54, 1.807) is 36.9 Å². The predicted molar refractivity (Wildman–Crippen MR) is 83.0 cm³/mol. The van der Waals surface area contributed by atoms with Crippen LogP contribution in [0.2, 0.25) is 10.0 Å². The minimum absolute atomic E-state index is 0.324. The highest BCUT2D eigenvalue weighted by Gasteiger charge is 2.16. The average Bonchev–Trinajstić information content (AvgIpc) is 2.77. The van der Waals surface area contributed by atoms with Crippen molar-refractivity contribution < 1.29 is 9.53 Å². The molecule has 0 fully saturated rings. The zero-order chi connectivity index (χ0) is 15.4. The van der Waals surface area contributed by atoms with Crippen LogP contribution in [0.25, 0.3) is 0 Å². The van der Waals surface area contributed by atoms with Crippen molar-refractivity contribution in [2.45, 2.75) is 13.5 Å². The quantitative estimate of drug-likeness (QED) is 0.854. The maximum absolute atomic E-state index is 11.9. The number of hydrogen-bond donors (Lipinski definition) is 1. The number of nitrogens with one attached hydrogen (secondary N) is 1. The van der Waals surface area contributed by atoms with Crippen LogP contribution in [0.15, 0.2) is 24.4 Å². The van der Waals surface area contributed by atoms with Crippen LogP contribution in [0, 0.1) is 0 Å². The summed E-state index contributed by atoms with van der Waals surface area (Å²) in [7, 11) is 1.77. The van der Waals surface area contributed by atoms with Crippen molar-refractivity contribution in [3.63, 3.8) is 0 Å². The molecule has 0 spiro atoms. The number of halogens is 2. The number of aryl methyl sites for hydroxylation is 1. The SMILES string of the molecule is CCOC(=O)c1cnn(C)c1CNc1cc(Cl)cc(Cl)c1. The van der Waals surface area contributed by atoms with Crippen molar-refractivity contribution in [3.8, 4) is 0 Å². The normalized spacial score (nSPS) is 10.5. The Hall–Kier alpha value is -1.72. The molecule has 0 aliphatic heterocycles. The molecule has 0 radical (unpaired) electrons. The van der Waals surface area contributed by atoms with E-state index in [2.05, 4.69) is 10.4 Å². The van der Waals surface area contributed by atoms with Gasteiger partial charge in [-0.3, -0.25) is 4.68 Å². The molecule has 0 aliphatic carbocycles. The number of carbonyl (C=O) groups excluding carboxylic acids is 1. The van der Waals surface area contributed by atoms with E-state index in [0.29, 0.717) is 28.8 Å². The number of anilines is 1. The fourth-order valence-electron chi connectivity index (χ4n) is 1.89. The van der Waals surface area contributed by atoms with Crippen molar-refractivity contribution in [3.05, 3.63) is 45.7 Å². The van der Waals surface area contributed by atoms with Crippen LogP contribution in [0.4, 0.5) is 5.69 Å². The molecule has 0 bridgehead atoms. The Balaban J connectivity index is 2.16. The molecule has 0 aliphatic rings. The van der Waals surface area contributed by atoms with Crippen molar-refractivity contribution in [1.82, 2.24) is 9.78 Å². The van der Waals surface area contributed by atoms with Gasteiger partial charge in [-0.25, -0.2) is 4.79 Å². The van der Waals surface area contributed by atoms with Crippen LogP contribution in [-0.4, -0.2) is 22.4 Å². The third-order valence-corrected chi connectivity index (χ3v) is 3.32. The first-order chi connectivity index (χ1) is 10.0. The summed E-state index contributed by atoms with van der Waals surface area (Å²) in [6.07, 6.45) is 1.50. The number of nitrogens with zero attached hydrogens (tertiary/aromatic N) is 2. The summed E-state index contributed by atoms with van der Waals surface area (Å²) in [6.45, 7) is 2.49. The smallest absolute Gasteiger partial charge is 0.341 e. The molecule has 1 N–H and O–H groups in total. The topological polar surface area (TPSA) is 56.1 Å². The van der Waals surface area contributed by atoms with Gasteiger partial charge in [-0.1, -0.05) is 23.2 Å². The van der Waals surface area contributed by atoms with Crippen LogP contribution in [-0.2, 0) is 18.3 Å². The van der Waals surface area contributed by atoms with Gasteiger partial charge < -0.3 is 10.1 Å². The third-order valence-electron chi connectivity index (χ3n) is 2.88. The zero-order valence-corrected chi connectivity index (χ0v) is 13.2. The molecule has 0 unspecified atom stereocenters. The maximum atomic E-state index is 11.9. The first-order valence-electron chi connectivity index (χ1n) is 6.39. The Morgan fingerprint density at radius 3 is 2.62 bits per heavy atom. The van der Waals surface area contributed by atoms with Gasteiger partial charge in [0.15, 0.2) is 0 Å². The average molecular weight is 328 g/mol. The second-order valence-electron chi connectivity index (χ2n) is 4.36. The highest BCUT2D eigenvalue weighted by Crippen LogP contribution is 2.23. The lowest BCUT2D eigenvalue weighted by Gasteiger charge is -2.10. The monoisotopic (exact) mass is 327 g/mol. The molecule has 1 aromatic carbocycles. The number of rotatable bonds is 5. The van der Waals surface area contributed by atoms with Gasteiger partial charge in [0.05, 0.1) is 25.0 Å². The molecule has 5 nitrogen and oxygen atoms in total. The standard InChI is InChI=1S/C14H15Cl2N3O2/c1-3-21-14(20)12-7-18-19(2)13(12)8-17-11-5-9(15)4-10(16)6-11/h4-7,17H,3,8H2,1-2H3. The molecule has 0 atom stereocenters. The maximum Gasteiger partial charge on any atom is 0.341 e. The summed E-state index contributed by atoms with van der Waals surface area (Å²) in [5, 5.41) is 8.34. The van der Waals surface area contributed by atoms with Gasteiger partial charge in [-0.05, 0) is 25.1 Å².